The molecular formula is C27H28N4O5S. The lowest BCUT2D eigenvalue weighted by molar-refractivity contribution is 0.102. The van der Waals surface area contributed by atoms with E-state index in [4.69, 9.17) is 9.15 Å². The SMILES string of the molecule is COc1cccc(CN(Cc2ccco2)c2cnc(S(C)(=O)=O)nc2C(=O)Nc2ccc(C)c(C)c2)c1. The largest absolute Gasteiger partial charge is 0.497 e. The van der Waals surface area contributed by atoms with Crippen molar-refractivity contribution in [3.8, 4) is 5.75 Å². The molecular weight excluding hydrogens is 492 g/mol. The van der Waals surface area contributed by atoms with Gasteiger partial charge in [0.1, 0.15) is 11.5 Å². The Labute approximate surface area is 216 Å². The Kier molecular flexibility index (Phi) is 7.58. The minimum atomic E-state index is -3.76. The lowest BCUT2D eigenvalue weighted by atomic mass is 10.1. The van der Waals surface area contributed by atoms with Crippen LogP contribution in [-0.4, -0.2) is 37.7 Å². The highest BCUT2D eigenvalue weighted by molar-refractivity contribution is 7.90. The molecule has 2 heterocycles. The zero-order valence-electron chi connectivity index (χ0n) is 21.1. The van der Waals surface area contributed by atoms with Crippen molar-refractivity contribution in [2.45, 2.75) is 32.1 Å². The molecule has 37 heavy (non-hydrogen) atoms. The van der Waals surface area contributed by atoms with E-state index in [0.717, 1.165) is 22.9 Å². The predicted octanol–water partition coefficient (Wildman–Crippen LogP) is 4.56. The molecule has 0 aliphatic rings. The van der Waals surface area contributed by atoms with Crippen molar-refractivity contribution < 1.29 is 22.4 Å². The van der Waals surface area contributed by atoms with Gasteiger partial charge in [-0.2, -0.15) is 0 Å². The molecule has 0 atom stereocenters. The summed E-state index contributed by atoms with van der Waals surface area (Å²) in [6, 6.07) is 16.7. The molecule has 0 saturated heterocycles. The number of carbonyl (C=O) groups is 1. The summed E-state index contributed by atoms with van der Waals surface area (Å²) in [4.78, 5) is 23.6. The fourth-order valence-electron chi connectivity index (χ4n) is 3.75. The highest BCUT2D eigenvalue weighted by atomic mass is 32.2. The number of benzene rings is 2. The number of hydrogen-bond donors (Lipinski definition) is 1. The molecule has 9 nitrogen and oxygen atoms in total. The van der Waals surface area contributed by atoms with E-state index in [-0.39, 0.29) is 12.2 Å². The second-order valence-electron chi connectivity index (χ2n) is 8.70. The lowest BCUT2D eigenvalue weighted by Gasteiger charge is -2.25. The molecule has 4 aromatic rings. The fraction of sp³-hybridized carbons (Fsp3) is 0.222. The van der Waals surface area contributed by atoms with Gasteiger partial charge in [-0.15, -0.1) is 0 Å². The molecule has 192 valence electrons. The summed E-state index contributed by atoms with van der Waals surface area (Å²) >= 11 is 0. The molecule has 0 radical (unpaired) electrons. The van der Waals surface area contributed by atoms with Crippen LogP contribution in [0.5, 0.6) is 5.75 Å². The third-order valence-corrected chi connectivity index (χ3v) is 6.69. The summed E-state index contributed by atoms with van der Waals surface area (Å²) in [5, 5.41) is 2.42. The average Bonchev–Trinajstić information content (AvgIpc) is 3.38. The minimum Gasteiger partial charge on any atom is -0.497 e. The van der Waals surface area contributed by atoms with E-state index >= 15 is 0 Å². The maximum atomic E-state index is 13.5. The number of aromatic nitrogens is 2. The van der Waals surface area contributed by atoms with Gasteiger partial charge in [0.25, 0.3) is 5.91 Å². The molecule has 2 aromatic carbocycles. The number of amides is 1. The van der Waals surface area contributed by atoms with Crippen molar-refractivity contribution in [2.75, 3.05) is 23.6 Å². The third kappa shape index (κ3) is 6.34. The van der Waals surface area contributed by atoms with Crippen LogP contribution in [0.15, 0.2) is 76.6 Å². The van der Waals surface area contributed by atoms with Gasteiger partial charge >= 0.3 is 0 Å². The standard InChI is InChI=1S/C27H28N4O5S/c1-18-10-11-21(13-19(18)2)29-26(32)25-24(15-28-27(30-25)37(4,33)34)31(17-23-9-6-12-36-23)16-20-7-5-8-22(14-20)35-3/h5-15H,16-17H2,1-4H3,(H,29,32). The Morgan fingerprint density at radius 3 is 2.54 bits per heavy atom. The minimum absolute atomic E-state index is 0.0666. The quantitative estimate of drug-likeness (QED) is 0.320. The number of hydrogen-bond acceptors (Lipinski definition) is 8. The molecule has 0 unspecified atom stereocenters. The summed E-state index contributed by atoms with van der Waals surface area (Å²) in [5.41, 5.74) is 3.86. The predicted molar refractivity (Wildman–Crippen MR) is 141 cm³/mol. The van der Waals surface area contributed by atoms with Crippen LogP contribution in [0.3, 0.4) is 0 Å². The van der Waals surface area contributed by atoms with Crippen LogP contribution >= 0.6 is 0 Å². The van der Waals surface area contributed by atoms with E-state index in [1.54, 1.807) is 25.5 Å². The van der Waals surface area contributed by atoms with Crippen LogP contribution in [0.4, 0.5) is 11.4 Å². The lowest BCUT2D eigenvalue weighted by Crippen LogP contribution is -2.27. The van der Waals surface area contributed by atoms with Crippen molar-refractivity contribution in [3.05, 3.63) is 95.2 Å². The first-order valence-corrected chi connectivity index (χ1v) is 13.4. The molecule has 1 amide bonds. The number of furan rings is 1. The van der Waals surface area contributed by atoms with Crippen molar-refractivity contribution in [2.24, 2.45) is 0 Å². The van der Waals surface area contributed by atoms with Gasteiger partial charge in [0.05, 0.1) is 31.8 Å². The summed E-state index contributed by atoms with van der Waals surface area (Å²) < 4.78 is 35.4. The van der Waals surface area contributed by atoms with Crippen LogP contribution in [0.1, 0.15) is 32.9 Å². The molecule has 2 aromatic heterocycles. The molecule has 10 heteroatoms. The van der Waals surface area contributed by atoms with Gasteiger partial charge in [-0.05, 0) is 66.9 Å². The maximum absolute atomic E-state index is 13.5. The number of carbonyl (C=O) groups excluding carboxylic acids is 1. The van der Waals surface area contributed by atoms with Gasteiger partial charge in [0.2, 0.25) is 15.0 Å². The Balaban J connectivity index is 1.78. The Morgan fingerprint density at radius 1 is 1.05 bits per heavy atom. The molecule has 0 aliphatic heterocycles. The third-order valence-electron chi connectivity index (χ3n) is 5.83. The van der Waals surface area contributed by atoms with Crippen LogP contribution in [-0.2, 0) is 22.9 Å². The molecule has 4 rings (SSSR count). The van der Waals surface area contributed by atoms with Gasteiger partial charge in [0.15, 0.2) is 5.69 Å². The molecule has 0 bridgehead atoms. The second kappa shape index (κ2) is 10.8. The van der Waals surface area contributed by atoms with Crippen molar-refractivity contribution in [1.82, 2.24) is 9.97 Å². The topological polar surface area (TPSA) is 115 Å². The van der Waals surface area contributed by atoms with E-state index in [1.807, 2.05) is 61.2 Å². The van der Waals surface area contributed by atoms with Crippen molar-refractivity contribution >= 4 is 27.1 Å². The van der Waals surface area contributed by atoms with Crippen LogP contribution < -0.4 is 15.0 Å². The number of sulfone groups is 1. The van der Waals surface area contributed by atoms with Gasteiger partial charge in [-0.1, -0.05) is 18.2 Å². The average molecular weight is 521 g/mol. The van der Waals surface area contributed by atoms with E-state index in [1.165, 1.54) is 6.20 Å². The molecule has 0 aliphatic carbocycles. The van der Waals surface area contributed by atoms with Crippen LogP contribution in [0.25, 0.3) is 0 Å². The van der Waals surface area contributed by atoms with E-state index < -0.39 is 20.9 Å². The van der Waals surface area contributed by atoms with Crippen molar-refractivity contribution in [1.29, 1.82) is 0 Å². The zero-order valence-corrected chi connectivity index (χ0v) is 21.9. The summed E-state index contributed by atoms with van der Waals surface area (Å²) in [6.45, 7) is 4.56. The number of nitrogens with zero attached hydrogens (tertiary/aromatic N) is 3. The molecule has 0 spiro atoms. The van der Waals surface area contributed by atoms with Crippen LogP contribution in [0.2, 0.25) is 0 Å². The normalized spacial score (nSPS) is 11.2. The van der Waals surface area contributed by atoms with Gasteiger partial charge in [-0.25, -0.2) is 18.4 Å². The van der Waals surface area contributed by atoms with Gasteiger partial charge in [-0.3, -0.25) is 4.79 Å². The number of rotatable bonds is 9. The van der Waals surface area contributed by atoms with Gasteiger partial charge < -0.3 is 19.4 Å². The van der Waals surface area contributed by atoms with Crippen molar-refractivity contribution in [3.63, 3.8) is 0 Å². The summed E-state index contributed by atoms with van der Waals surface area (Å²) in [6.07, 6.45) is 3.93. The number of aryl methyl sites for hydroxylation is 2. The monoisotopic (exact) mass is 520 g/mol. The summed E-state index contributed by atoms with van der Waals surface area (Å²) in [5.74, 6) is 0.781. The van der Waals surface area contributed by atoms with E-state index in [9.17, 15) is 13.2 Å². The van der Waals surface area contributed by atoms with E-state index in [0.29, 0.717) is 29.4 Å². The highest BCUT2D eigenvalue weighted by Gasteiger charge is 2.24. The first-order chi connectivity index (χ1) is 17.6. The smallest absolute Gasteiger partial charge is 0.276 e. The zero-order chi connectivity index (χ0) is 26.6. The molecule has 1 N–H and O–H groups in total. The maximum Gasteiger partial charge on any atom is 0.276 e. The first kappa shape index (κ1) is 25.9. The van der Waals surface area contributed by atoms with E-state index in [2.05, 4.69) is 15.3 Å². The Bertz CT molecular complexity index is 1520. The number of methoxy groups -OCH3 is 1. The fourth-order valence-corrected chi connectivity index (χ4v) is 4.26. The first-order valence-electron chi connectivity index (χ1n) is 11.5. The molecule has 0 fully saturated rings. The summed E-state index contributed by atoms with van der Waals surface area (Å²) in [7, 11) is -2.17. The Morgan fingerprint density at radius 2 is 1.86 bits per heavy atom. The number of ether oxygens (including phenoxy) is 1. The second-order valence-corrected chi connectivity index (χ2v) is 10.6. The number of nitrogens with one attached hydrogen (secondary N) is 1. The van der Waals surface area contributed by atoms with Gasteiger partial charge in [0, 0.05) is 18.5 Å². The number of anilines is 2. The highest BCUT2D eigenvalue weighted by Crippen LogP contribution is 2.26. The van der Waals surface area contributed by atoms with Crippen LogP contribution in [0, 0.1) is 13.8 Å². The molecule has 0 saturated carbocycles. The Hall–Kier alpha value is -4.18.